The van der Waals surface area contributed by atoms with Gasteiger partial charge < -0.3 is 29.5 Å². The van der Waals surface area contributed by atoms with Gasteiger partial charge in [0.25, 0.3) is 0 Å². The Morgan fingerprint density at radius 3 is 1.82 bits per heavy atom. The van der Waals surface area contributed by atoms with Crippen LogP contribution in [0.2, 0.25) is 0 Å². The maximum Gasteiger partial charge on any atom is 0.530 e. The van der Waals surface area contributed by atoms with Gasteiger partial charge in [0, 0.05) is 29.8 Å². The van der Waals surface area contributed by atoms with Gasteiger partial charge in [-0.25, -0.2) is 9.36 Å². The molecule has 0 unspecified atom stereocenters. The third kappa shape index (κ3) is 16.4. The van der Waals surface area contributed by atoms with Crippen LogP contribution in [0.3, 0.4) is 0 Å². The Balaban J connectivity index is 1.26. The van der Waals surface area contributed by atoms with Crippen molar-refractivity contribution in [3.05, 3.63) is 154 Å². The number of hydrogen-bond acceptors (Lipinski definition) is 10. The molecule has 5 aromatic carbocycles. The quantitative estimate of drug-likeness (QED) is 0.0349. The molecule has 0 fully saturated rings. The third-order valence-electron chi connectivity index (χ3n) is 11.3. The first-order valence-corrected chi connectivity index (χ1v) is 24.9. The lowest BCUT2D eigenvalue weighted by molar-refractivity contribution is -0.168. The summed E-state index contributed by atoms with van der Waals surface area (Å²) in [4.78, 5) is 42.5. The summed E-state index contributed by atoms with van der Waals surface area (Å²) in [5, 5.41) is 6.03. The first kappa shape index (κ1) is 53.0. The molecule has 0 heterocycles. The fourth-order valence-electron chi connectivity index (χ4n) is 8.21. The van der Waals surface area contributed by atoms with E-state index in [1.54, 1.807) is 6.07 Å². The number of phosphoric acid groups is 1. The molecule has 0 saturated carbocycles. The molecule has 13 heteroatoms. The summed E-state index contributed by atoms with van der Waals surface area (Å²) in [6.07, 6.45) is 0.519. The molecule has 0 aliphatic heterocycles. The van der Waals surface area contributed by atoms with Crippen LogP contribution < -0.4 is 20.1 Å². The number of anilines is 3. The number of nitrogens with one attached hydrogen (secondary N) is 2. The van der Waals surface area contributed by atoms with E-state index in [1.807, 2.05) is 151 Å². The zero-order chi connectivity index (χ0) is 49.4. The van der Waals surface area contributed by atoms with Crippen LogP contribution in [0.4, 0.5) is 21.9 Å². The summed E-state index contributed by atoms with van der Waals surface area (Å²) in [5.41, 5.74) is 7.10. The first-order valence-electron chi connectivity index (χ1n) is 23.5. The highest BCUT2D eigenvalue weighted by Crippen LogP contribution is 2.53. The van der Waals surface area contributed by atoms with Gasteiger partial charge in [0.05, 0.1) is 37.4 Å². The molecule has 0 aromatic heterocycles. The van der Waals surface area contributed by atoms with E-state index in [9.17, 15) is 18.9 Å². The van der Waals surface area contributed by atoms with E-state index in [0.717, 1.165) is 52.2 Å². The zero-order valence-electron chi connectivity index (χ0n) is 41.4. The predicted molar refractivity (Wildman–Crippen MR) is 271 cm³/mol. The molecule has 2 amide bonds. The molecular formula is C55H70N3O9P. The second-order valence-electron chi connectivity index (χ2n) is 18.9. The summed E-state index contributed by atoms with van der Waals surface area (Å²) in [6, 6.07) is 35.6. The minimum Gasteiger partial charge on any atom is -0.428 e. The second kappa shape index (κ2) is 24.9. The number of ether oxygens (including phenoxy) is 2. The maximum atomic E-state index is 14.5. The number of nitrogens with zero attached hydrogens (tertiary/aromatic N) is 1. The van der Waals surface area contributed by atoms with Crippen molar-refractivity contribution in [2.75, 3.05) is 35.4 Å². The Kier molecular flexibility index (Phi) is 19.4. The molecular weight excluding hydrogens is 878 g/mol. The molecule has 0 radical (unpaired) electrons. The van der Waals surface area contributed by atoms with Crippen molar-refractivity contribution >= 4 is 42.9 Å². The van der Waals surface area contributed by atoms with Crippen molar-refractivity contribution in [2.24, 2.45) is 11.8 Å². The molecule has 0 aliphatic carbocycles. The molecule has 1 atom stereocenters. The SMILES string of the molecule is CC[C@@H](CC(=O)OCOC(=O)CC(C)(C)c1c(C)cc(C)cc1OP(=O)(OCc1ccccc1)OCc1ccccc1)c1ccc(N(CC(C)C)CC(C)C)c(NC(=O)Nc2ccc(C)cc2)c1. The van der Waals surface area contributed by atoms with Gasteiger partial charge >= 0.3 is 25.8 Å². The van der Waals surface area contributed by atoms with Crippen molar-refractivity contribution in [1.82, 2.24) is 0 Å². The average Bonchev–Trinajstić information content (AvgIpc) is 3.27. The minimum atomic E-state index is -4.25. The molecule has 364 valence electrons. The normalized spacial score (nSPS) is 12.1. The average molecular weight is 948 g/mol. The van der Waals surface area contributed by atoms with Gasteiger partial charge in [0.15, 0.2) is 0 Å². The molecule has 0 bridgehead atoms. The van der Waals surface area contributed by atoms with Crippen LogP contribution in [0.25, 0.3) is 0 Å². The number of benzene rings is 5. The Hall–Kier alpha value is -5.94. The summed E-state index contributed by atoms with van der Waals surface area (Å²) in [6.45, 7) is 21.2. The molecule has 0 aliphatic rings. The minimum absolute atomic E-state index is 0.0195. The molecule has 0 spiro atoms. The summed E-state index contributed by atoms with van der Waals surface area (Å²) < 4.78 is 43.6. The molecule has 0 saturated heterocycles. The standard InChI is InChI=1S/C55H70N3O9P/c1-11-45(46-24-27-49(58(33-38(2)3)34-39(4)5)48(30-46)57-54(61)56-47-25-22-40(6)23-26-47)31-51(59)63-37-64-52(60)32-55(9,10)53-42(8)28-41(7)29-50(53)67-68(62,65-35-43-18-14-12-15-19-43)66-36-44-20-16-13-17-21-44/h12-30,38-39,45H,11,31-37H2,1-10H3,(H2,56,57,61)/t45-/m0/s1. The van der Waals surface area contributed by atoms with E-state index >= 15 is 0 Å². The van der Waals surface area contributed by atoms with E-state index in [-0.39, 0.29) is 43.8 Å². The zero-order valence-corrected chi connectivity index (χ0v) is 42.3. The summed E-state index contributed by atoms with van der Waals surface area (Å²) in [7, 11) is -4.25. The highest BCUT2D eigenvalue weighted by molar-refractivity contribution is 7.48. The van der Waals surface area contributed by atoms with Gasteiger partial charge in [0.1, 0.15) is 5.75 Å². The predicted octanol–water partition coefficient (Wildman–Crippen LogP) is 13.6. The van der Waals surface area contributed by atoms with E-state index in [2.05, 4.69) is 43.2 Å². The number of esters is 2. The first-order chi connectivity index (χ1) is 32.3. The Morgan fingerprint density at radius 2 is 1.26 bits per heavy atom. The highest BCUT2D eigenvalue weighted by Gasteiger charge is 2.36. The summed E-state index contributed by atoms with van der Waals surface area (Å²) in [5.74, 6) is -0.379. The highest BCUT2D eigenvalue weighted by atomic mass is 31.2. The molecule has 5 aromatic rings. The number of aryl methyl sites for hydroxylation is 3. The van der Waals surface area contributed by atoms with Crippen LogP contribution in [0, 0.1) is 32.6 Å². The van der Waals surface area contributed by atoms with Gasteiger partial charge in [-0.3, -0.25) is 18.6 Å². The van der Waals surface area contributed by atoms with Crippen LogP contribution in [0.1, 0.15) is 113 Å². The van der Waals surface area contributed by atoms with Crippen molar-refractivity contribution in [3.63, 3.8) is 0 Å². The summed E-state index contributed by atoms with van der Waals surface area (Å²) >= 11 is 0. The van der Waals surface area contributed by atoms with Crippen LogP contribution in [0.5, 0.6) is 5.75 Å². The largest absolute Gasteiger partial charge is 0.530 e. The number of carbonyl (C=O) groups excluding carboxylic acids is 3. The molecule has 2 N–H and O–H groups in total. The third-order valence-corrected chi connectivity index (χ3v) is 12.6. The molecule has 68 heavy (non-hydrogen) atoms. The number of amides is 2. The van der Waals surface area contributed by atoms with Crippen molar-refractivity contribution in [1.29, 1.82) is 0 Å². The number of phosphoric ester groups is 1. The fourth-order valence-corrected chi connectivity index (χ4v) is 9.39. The maximum absolute atomic E-state index is 14.5. The monoisotopic (exact) mass is 947 g/mol. The number of urea groups is 1. The lowest BCUT2D eigenvalue weighted by atomic mass is 9.78. The lowest BCUT2D eigenvalue weighted by Gasteiger charge is -2.31. The smallest absolute Gasteiger partial charge is 0.428 e. The Bertz CT molecular complexity index is 2420. The van der Waals surface area contributed by atoms with Crippen LogP contribution in [-0.2, 0) is 51.3 Å². The van der Waals surface area contributed by atoms with Gasteiger partial charge in [-0.1, -0.05) is 139 Å². The van der Waals surface area contributed by atoms with Crippen LogP contribution in [0.15, 0.2) is 115 Å². The number of carbonyl (C=O) groups is 3. The van der Waals surface area contributed by atoms with E-state index in [1.165, 1.54) is 0 Å². The van der Waals surface area contributed by atoms with Crippen molar-refractivity contribution < 1.29 is 42.0 Å². The molecule has 12 nitrogen and oxygen atoms in total. The lowest BCUT2D eigenvalue weighted by Crippen LogP contribution is -2.32. The van der Waals surface area contributed by atoms with Gasteiger partial charge in [-0.2, -0.15) is 0 Å². The van der Waals surface area contributed by atoms with Gasteiger partial charge in [-0.05, 0) is 103 Å². The van der Waals surface area contributed by atoms with E-state index < -0.39 is 32.0 Å². The number of hydrogen-bond donors (Lipinski definition) is 2. The van der Waals surface area contributed by atoms with Crippen LogP contribution in [-0.4, -0.2) is 37.9 Å². The van der Waals surface area contributed by atoms with Crippen LogP contribution >= 0.6 is 7.82 Å². The Morgan fingerprint density at radius 1 is 0.691 bits per heavy atom. The van der Waals surface area contributed by atoms with Gasteiger partial charge in [0.2, 0.25) is 6.79 Å². The van der Waals surface area contributed by atoms with E-state index in [0.29, 0.717) is 35.2 Å². The fraction of sp³-hybridized carbons (Fsp3) is 0.400. The van der Waals surface area contributed by atoms with Gasteiger partial charge in [-0.15, -0.1) is 0 Å². The Labute approximate surface area is 403 Å². The van der Waals surface area contributed by atoms with Crippen molar-refractivity contribution in [3.8, 4) is 5.75 Å². The molecule has 5 rings (SSSR count). The van der Waals surface area contributed by atoms with Crippen molar-refractivity contribution in [2.45, 2.75) is 113 Å². The number of rotatable bonds is 24. The second-order valence-corrected chi connectivity index (χ2v) is 20.5. The van der Waals surface area contributed by atoms with E-state index in [4.69, 9.17) is 23.0 Å². The topological polar surface area (TPSA) is 142 Å².